The summed E-state index contributed by atoms with van der Waals surface area (Å²) in [5.74, 6) is 0. The van der Waals surface area contributed by atoms with Crippen LogP contribution < -0.4 is 0 Å². The minimum absolute atomic E-state index is 0.819. The molecule has 0 bridgehead atoms. The zero-order valence-corrected chi connectivity index (χ0v) is 13.7. The van der Waals surface area contributed by atoms with Gasteiger partial charge in [0, 0.05) is 6.54 Å². The zero-order valence-electron chi connectivity index (χ0n) is 13.7. The van der Waals surface area contributed by atoms with Crippen LogP contribution in [0.1, 0.15) is 29.2 Å². The van der Waals surface area contributed by atoms with Gasteiger partial charge in [-0.25, -0.2) is 5.11 Å². The Morgan fingerprint density at radius 1 is 1.00 bits per heavy atom. The molecule has 2 aromatic carbocycles. The smallest absolute Gasteiger partial charge is 0.144 e. The molecule has 2 aromatic rings. The maximum atomic E-state index is 12.9. The number of likely N-dealkylation sites (N-methyl/N-ethyl adjacent to an activating group) is 1. The van der Waals surface area contributed by atoms with E-state index >= 15 is 0 Å². The Morgan fingerprint density at radius 2 is 1.70 bits per heavy atom. The van der Waals surface area contributed by atoms with Gasteiger partial charge in [0.25, 0.3) is 0 Å². The average Bonchev–Trinajstić information content (AvgIpc) is 3.02. The van der Waals surface area contributed by atoms with E-state index in [-0.39, 0.29) is 0 Å². The van der Waals surface area contributed by atoms with Gasteiger partial charge in [0.05, 0.1) is 0 Å². The molecular formula is C21H22NO. The Hall–Kier alpha value is -2.16. The summed E-state index contributed by atoms with van der Waals surface area (Å²) in [4.78, 5) is 2.16. The highest BCUT2D eigenvalue weighted by Crippen LogP contribution is 2.34. The lowest BCUT2D eigenvalue weighted by atomic mass is 9.92. The first kappa shape index (κ1) is 15.7. The first-order chi connectivity index (χ1) is 11.1. The number of benzene rings is 2. The van der Waals surface area contributed by atoms with Crippen LogP contribution in [0.25, 0.3) is 5.57 Å². The van der Waals surface area contributed by atoms with Gasteiger partial charge in [-0.15, -0.1) is 0 Å². The third kappa shape index (κ3) is 3.61. The molecule has 0 aromatic heterocycles. The predicted octanol–water partition coefficient (Wildman–Crippen LogP) is 4.48. The minimum Gasteiger partial charge on any atom is -0.305 e. The summed E-state index contributed by atoms with van der Waals surface area (Å²) in [6.07, 6.45) is 4.55. The van der Waals surface area contributed by atoms with E-state index in [4.69, 9.17) is 0 Å². The number of nitrogens with zero attached hydrogens (tertiary/aromatic N) is 1. The lowest BCUT2D eigenvalue weighted by Gasteiger charge is -2.15. The molecule has 1 radical (unpaired) electrons. The van der Waals surface area contributed by atoms with Crippen LogP contribution in [0.3, 0.4) is 0 Å². The fourth-order valence-electron chi connectivity index (χ4n) is 3.07. The summed E-state index contributed by atoms with van der Waals surface area (Å²) in [5, 5.41) is 12.9. The van der Waals surface area contributed by atoms with E-state index in [0.29, 0.717) is 0 Å². The van der Waals surface area contributed by atoms with E-state index in [9.17, 15) is 5.11 Å². The largest absolute Gasteiger partial charge is 0.305 e. The van der Waals surface area contributed by atoms with Crippen LogP contribution >= 0.6 is 0 Å². The van der Waals surface area contributed by atoms with Crippen LogP contribution in [-0.2, 0) is 5.11 Å². The van der Waals surface area contributed by atoms with Crippen LogP contribution in [0, 0.1) is 0 Å². The van der Waals surface area contributed by atoms with Gasteiger partial charge in [0.15, 0.2) is 0 Å². The molecule has 0 saturated carbocycles. The highest BCUT2D eigenvalue weighted by atomic mass is 16.3. The Balaban J connectivity index is 1.91. The molecule has 117 valence electrons. The molecule has 0 aliphatic heterocycles. The molecule has 0 heterocycles. The molecule has 1 aliphatic carbocycles. The van der Waals surface area contributed by atoms with Gasteiger partial charge in [-0.1, -0.05) is 66.7 Å². The summed E-state index contributed by atoms with van der Waals surface area (Å²) in [6.45, 7) is 0.936. The van der Waals surface area contributed by atoms with E-state index in [0.717, 1.165) is 29.7 Å². The third-order valence-corrected chi connectivity index (χ3v) is 4.13. The molecule has 23 heavy (non-hydrogen) atoms. The second-order valence-corrected chi connectivity index (χ2v) is 6.27. The van der Waals surface area contributed by atoms with Crippen molar-refractivity contribution in [1.82, 2.24) is 4.90 Å². The molecule has 0 spiro atoms. The lowest BCUT2D eigenvalue weighted by molar-refractivity contribution is 0.124. The number of allylic oxidation sites excluding steroid dienone is 2. The van der Waals surface area contributed by atoms with Crippen molar-refractivity contribution in [2.24, 2.45) is 0 Å². The van der Waals surface area contributed by atoms with Gasteiger partial charge in [-0.05, 0) is 48.4 Å². The predicted molar refractivity (Wildman–Crippen MR) is 94.6 cm³/mol. The Bertz CT molecular complexity index is 729. The van der Waals surface area contributed by atoms with Crippen LogP contribution in [-0.4, -0.2) is 25.5 Å². The second-order valence-electron chi connectivity index (χ2n) is 6.27. The number of hydrogen-bond acceptors (Lipinski definition) is 1. The van der Waals surface area contributed by atoms with Crippen molar-refractivity contribution in [3.63, 3.8) is 0 Å². The monoisotopic (exact) mass is 304 g/mol. The zero-order chi connectivity index (χ0) is 16.2. The average molecular weight is 304 g/mol. The highest BCUT2D eigenvalue weighted by Gasteiger charge is 2.19. The third-order valence-electron chi connectivity index (χ3n) is 4.13. The Morgan fingerprint density at radius 3 is 2.43 bits per heavy atom. The number of rotatable bonds is 5. The van der Waals surface area contributed by atoms with Gasteiger partial charge in [-0.2, -0.15) is 0 Å². The van der Waals surface area contributed by atoms with Crippen LogP contribution in [0.4, 0.5) is 0 Å². The minimum atomic E-state index is -0.841. The molecule has 2 nitrogen and oxygen atoms in total. The fourth-order valence-corrected chi connectivity index (χ4v) is 3.07. The Kier molecular flexibility index (Phi) is 4.75. The first-order valence-electron chi connectivity index (χ1n) is 7.99. The SMILES string of the molecule is CN(C)CC1=CCC(c2ccccc2C([O])c2ccccc2)=C1. The van der Waals surface area contributed by atoms with Gasteiger partial charge < -0.3 is 4.90 Å². The van der Waals surface area contributed by atoms with E-state index < -0.39 is 6.10 Å². The molecule has 1 unspecified atom stereocenters. The second kappa shape index (κ2) is 6.95. The molecule has 0 saturated heterocycles. The van der Waals surface area contributed by atoms with Gasteiger partial charge in [0.2, 0.25) is 0 Å². The normalized spacial score (nSPS) is 15.5. The maximum absolute atomic E-state index is 12.9. The molecule has 1 aliphatic rings. The molecule has 0 amide bonds. The topological polar surface area (TPSA) is 23.1 Å². The summed E-state index contributed by atoms with van der Waals surface area (Å²) in [7, 11) is 4.15. The lowest BCUT2D eigenvalue weighted by Crippen LogP contribution is -2.13. The van der Waals surface area contributed by atoms with Crippen molar-refractivity contribution in [3.8, 4) is 0 Å². The standard InChI is InChI=1S/C21H22NO/c1-22(2)15-16-12-13-18(14-16)19-10-6-7-11-20(19)21(23)17-8-4-3-5-9-17/h3-12,14,21H,13,15H2,1-2H3. The summed E-state index contributed by atoms with van der Waals surface area (Å²) in [6, 6.07) is 17.6. The van der Waals surface area contributed by atoms with Crippen LogP contribution in [0.5, 0.6) is 0 Å². The Labute approximate surface area is 138 Å². The van der Waals surface area contributed by atoms with Gasteiger partial charge in [-0.3, -0.25) is 0 Å². The van der Waals surface area contributed by atoms with Crippen molar-refractivity contribution in [1.29, 1.82) is 0 Å². The number of hydrogen-bond donors (Lipinski definition) is 0. The van der Waals surface area contributed by atoms with E-state index in [1.165, 1.54) is 11.1 Å². The highest BCUT2D eigenvalue weighted by molar-refractivity contribution is 5.75. The van der Waals surface area contributed by atoms with E-state index in [1.807, 2.05) is 48.5 Å². The molecular weight excluding hydrogens is 282 g/mol. The first-order valence-corrected chi connectivity index (χ1v) is 7.99. The molecule has 0 N–H and O–H groups in total. The van der Waals surface area contributed by atoms with Crippen molar-refractivity contribution in [2.45, 2.75) is 12.5 Å². The van der Waals surface area contributed by atoms with Gasteiger partial charge >= 0.3 is 0 Å². The molecule has 1 atom stereocenters. The van der Waals surface area contributed by atoms with Crippen molar-refractivity contribution in [2.75, 3.05) is 20.6 Å². The van der Waals surface area contributed by atoms with Crippen LogP contribution in [0.2, 0.25) is 0 Å². The van der Waals surface area contributed by atoms with E-state index in [1.54, 1.807) is 0 Å². The summed E-state index contributed by atoms with van der Waals surface area (Å²) < 4.78 is 0. The quantitative estimate of drug-likeness (QED) is 0.798. The summed E-state index contributed by atoms with van der Waals surface area (Å²) in [5.41, 5.74) is 5.34. The van der Waals surface area contributed by atoms with Crippen molar-refractivity contribution in [3.05, 3.63) is 89.0 Å². The van der Waals surface area contributed by atoms with Gasteiger partial charge in [0.1, 0.15) is 6.10 Å². The molecule has 3 rings (SSSR count). The van der Waals surface area contributed by atoms with Crippen LogP contribution in [0.15, 0.2) is 72.3 Å². The maximum Gasteiger partial charge on any atom is 0.144 e. The summed E-state index contributed by atoms with van der Waals surface area (Å²) >= 11 is 0. The fraction of sp³-hybridized carbons (Fsp3) is 0.238. The van der Waals surface area contributed by atoms with E-state index in [2.05, 4.69) is 37.2 Å². The molecule has 2 heteroatoms. The molecule has 0 fully saturated rings. The van der Waals surface area contributed by atoms with Crippen molar-refractivity contribution < 1.29 is 5.11 Å². The van der Waals surface area contributed by atoms with Crippen molar-refractivity contribution >= 4 is 5.57 Å².